The Hall–Kier alpha value is -4.28. The fourth-order valence-electron chi connectivity index (χ4n) is 6.11. The van der Waals surface area contributed by atoms with E-state index in [0.717, 1.165) is 0 Å². The van der Waals surface area contributed by atoms with Crippen LogP contribution in [-0.4, -0.2) is 60.5 Å². The summed E-state index contributed by atoms with van der Waals surface area (Å²) >= 11 is 0. The van der Waals surface area contributed by atoms with E-state index >= 15 is 0 Å². The number of carbonyl (C=O) groups excluding carboxylic acids is 4. The van der Waals surface area contributed by atoms with Crippen molar-refractivity contribution in [2.75, 3.05) is 0 Å². The van der Waals surface area contributed by atoms with Gasteiger partial charge in [0.15, 0.2) is 17.2 Å². The van der Waals surface area contributed by atoms with Crippen LogP contribution < -0.4 is 5.73 Å². The zero-order valence-corrected chi connectivity index (χ0v) is 20.4. The number of aromatic hydroxyl groups is 1. The van der Waals surface area contributed by atoms with Crippen LogP contribution in [0.5, 0.6) is 5.75 Å². The molecule has 0 spiro atoms. The van der Waals surface area contributed by atoms with Crippen LogP contribution in [0.15, 0.2) is 59.1 Å². The van der Waals surface area contributed by atoms with Gasteiger partial charge in [0, 0.05) is 35.0 Å². The summed E-state index contributed by atoms with van der Waals surface area (Å²) in [5.41, 5.74) is 2.37. The fraction of sp³-hybridized carbons (Fsp3) is 0.286. The summed E-state index contributed by atoms with van der Waals surface area (Å²) in [6.45, 7) is 3.08. The van der Waals surface area contributed by atoms with Gasteiger partial charge in [-0.2, -0.15) is 0 Å². The predicted octanol–water partition coefficient (Wildman–Crippen LogP) is 1.98. The van der Waals surface area contributed by atoms with E-state index in [1.54, 1.807) is 43.3 Å². The molecular formula is C28H25NO9. The van der Waals surface area contributed by atoms with Crippen LogP contribution in [0.2, 0.25) is 0 Å². The minimum Gasteiger partial charge on any atom is -0.511 e. The van der Waals surface area contributed by atoms with Crippen molar-refractivity contribution in [3.63, 3.8) is 0 Å². The first-order valence-electron chi connectivity index (χ1n) is 11.9. The number of carbonyl (C=O) groups is 4. The lowest BCUT2D eigenvalue weighted by molar-refractivity contribution is -0.154. The molecule has 0 fully saturated rings. The Morgan fingerprint density at radius 3 is 2.24 bits per heavy atom. The number of Topliss-reactive ketones (excluding diaryl/α,β-unsaturated/α-hetero) is 3. The number of hydrogen-bond acceptors (Lipinski definition) is 9. The van der Waals surface area contributed by atoms with Gasteiger partial charge in [-0.3, -0.25) is 19.2 Å². The number of allylic oxidation sites excluding steroid dienone is 1. The molecule has 10 nitrogen and oxygen atoms in total. The lowest BCUT2D eigenvalue weighted by atomic mass is 9.56. The van der Waals surface area contributed by atoms with Crippen LogP contribution in [0, 0.1) is 11.8 Å². The topological polar surface area (TPSA) is 195 Å². The van der Waals surface area contributed by atoms with Gasteiger partial charge < -0.3 is 31.3 Å². The third-order valence-corrected chi connectivity index (χ3v) is 8.10. The van der Waals surface area contributed by atoms with Crippen LogP contribution in [0.4, 0.5) is 0 Å². The monoisotopic (exact) mass is 519 g/mol. The molecule has 5 atom stereocenters. The third-order valence-electron chi connectivity index (χ3n) is 8.10. The molecule has 2 aromatic rings. The van der Waals surface area contributed by atoms with Gasteiger partial charge in [-0.05, 0) is 24.0 Å². The molecule has 0 saturated heterocycles. The van der Waals surface area contributed by atoms with Gasteiger partial charge in [0.1, 0.15) is 22.8 Å². The second kappa shape index (κ2) is 8.37. The van der Waals surface area contributed by atoms with E-state index in [4.69, 9.17) is 5.73 Å². The molecule has 0 saturated carbocycles. The van der Waals surface area contributed by atoms with Crippen LogP contribution in [0.3, 0.4) is 0 Å². The number of phenols is 1. The van der Waals surface area contributed by atoms with Gasteiger partial charge in [0.25, 0.3) is 5.91 Å². The summed E-state index contributed by atoms with van der Waals surface area (Å²) in [6.07, 6.45) is -2.12. The highest BCUT2D eigenvalue weighted by Gasteiger charge is 2.64. The summed E-state index contributed by atoms with van der Waals surface area (Å²) in [6, 6.07) is 9.58. The summed E-state index contributed by atoms with van der Waals surface area (Å²) in [4.78, 5) is 50.3. The van der Waals surface area contributed by atoms with E-state index < -0.39 is 81.8 Å². The minimum absolute atomic E-state index is 0.143. The Labute approximate surface area is 216 Å². The van der Waals surface area contributed by atoms with Crippen molar-refractivity contribution < 1.29 is 44.7 Å². The predicted molar refractivity (Wildman–Crippen MR) is 132 cm³/mol. The lowest BCUT2D eigenvalue weighted by Crippen LogP contribution is -2.62. The molecule has 0 heterocycles. The first kappa shape index (κ1) is 25.4. The van der Waals surface area contributed by atoms with Crippen LogP contribution in [0.25, 0.3) is 11.1 Å². The van der Waals surface area contributed by atoms with Gasteiger partial charge >= 0.3 is 0 Å². The molecule has 38 heavy (non-hydrogen) atoms. The highest BCUT2D eigenvalue weighted by atomic mass is 16.4. The number of rotatable bonds is 3. The second-order valence-electron chi connectivity index (χ2n) is 10.0. The average Bonchev–Trinajstić information content (AvgIpc) is 2.86. The molecule has 10 heteroatoms. The fourth-order valence-corrected chi connectivity index (χ4v) is 6.11. The molecule has 0 unspecified atom stereocenters. The summed E-state index contributed by atoms with van der Waals surface area (Å²) in [5.74, 6) is -9.20. The van der Waals surface area contributed by atoms with Gasteiger partial charge in [-0.1, -0.05) is 43.3 Å². The molecule has 0 radical (unpaired) electrons. The molecular weight excluding hydrogens is 494 g/mol. The third kappa shape index (κ3) is 3.20. The highest BCUT2D eigenvalue weighted by Crippen LogP contribution is 2.55. The van der Waals surface area contributed by atoms with Gasteiger partial charge in [-0.15, -0.1) is 0 Å². The molecule has 5 rings (SSSR count). The zero-order chi connectivity index (χ0) is 27.8. The van der Waals surface area contributed by atoms with Crippen molar-refractivity contribution >= 4 is 23.3 Å². The Kier molecular flexibility index (Phi) is 5.59. The average molecular weight is 520 g/mol. The summed E-state index contributed by atoms with van der Waals surface area (Å²) in [5, 5.41) is 55.4. The number of aliphatic hydroxyl groups excluding tert-OH is 3. The summed E-state index contributed by atoms with van der Waals surface area (Å²) < 4.78 is 0. The van der Waals surface area contributed by atoms with E-state index in [-0.39, 0.29) is 16.9 Å². The lowest BCUT2D eigenvalue weighted by Gasteiger charge is -2.50. The van der Waals surface area contributed by atoms with Crippen molar-refractivity contribution in [1.29, 1.82) is 0 Å². The van der Waals surface area contributed by atoms with Crippen molar-refractivity contribution in [1.82, 2.24) is 0 Å². The smallest absolute Gasteiger partial charge is 0.255 e. The molecule has 0 aliphatic heterocycles. The van der Waals surface area contributed by atoms with Crippen molar-refractivity contribution in [2.45, 2.75) is 37.9 Å². The normalized spacial score (nSPS) is 28.5. The largest absolute Gasteiger partial charge is 0.511 e. The maximum atomic E-state index is 13.8. The number of nitrogens with two attached hydrogens (primary N) is 1. The molecule has 0 aromatic heterocycles. The molecule has 1 amide bonds. The number of aliphatic hydroxyl groups is 4. The first-order chi connectivity index (χ1) is 17.8. The van der Waals surface area contributed by atoms with E-state index in [1.807, 2.05) is 0 Å². The molecule has 7 N–H and O–H groups in total. The van der Waals surface area contributed by atoms with Crippen LogP contribution >= 0.6 is 0 Å². The molecule has 3 aliphatic rings. The zero-order valence-electron chi connectivity index (χ0n) is 20.4. The van der Waals surface area contributed by atoms with Gasteiger partial charge in [-0.25, -0.2) is 0 Å². The van der Waals surface area contributed by atoms with Crippen LogP contribution in [0.1, 0.15) is 52.5 Å². The Morgan fingerprint density at radius 2 is 1.66 bits per heavy atom. The molecule has 2 aromatic carbocycles. The number of amides is 1. The number of ketones is 3. The quantitative estimate of drug-likeness (QED) is 0.259. The van der Waals surface area contributed by atoms with E-state index in [2.05, 4.69) is 0 Å². The van der Waals surface area contributed by atoms with Crippen molar-refractivity contribution in [3.8, 4) is 16.9 Å². The maximum Gasteiger partial charge on any atom is 0.255 e. The van der Waals surface area contributed by atoms with Crippen molar-refractivity contribution in [2.24, 2.45) is 17.6 Å². The second-order valence-corrected chi connectivity index (χ2v) is 10.0. The molecule has 3 aliphatic carbocycles. The standard InChI is InChI=1S/C28H25NO9/c1-10-14-7-8-15(13-5-3-12(4-6-13)11(2)30)22(32)19(14)24(34)21-18(10)23(33)16-9-17(31)20(27(29)37)25(35)28(16,38)26(21)36/h3-8,10,16,18,23,31-33,36,38H,9H2,1-2H3,(H2,29,37)/t10-,16+,18+,23+,28+/m0/s1. The Bertz CT molecular complexity index is 1520. The number of primary amides is 1. The van der Waals surface area contributed by atoms with E-state index in [9.17, 15) is 44.7 Å². The summed E-state index contributed by atoms with van der Waals surface area (Å²) in [7, 11) is 0. The highest BCUT2D eigenvalue weighted by molar-refractivity contribution is 6.24. The molecule has 196 valence electrons. The number of benzene rings is 2. The number of hydrogen-bond donors (Lipinski definition) is 6. The molecule has 0 bridgehead atoms. The Balaban J connectivity index is 1.69. The van der Waals surface area contributed by atoms with E-state index in [0.29, 0.717) is 16.7 Å². The minimum atomic E-state index is -2.88. The van der Waals surface area contributed by atoms with Crippen molar-refractivity contribution in [3.05, 3.63) is 75.8 Å². The maximum absolute atomic E-state index is 13.8. The van der Waals surface area contributed by atoms with E-state index in [1.165, 1.54) is 6.92 Å². The Morgan fingerprint density at radius 1 is 1.03 bits per heavy atom. The number of fused-ring (bicyclic) bond motifs is 3. The van der Waals surface area contributed by atoms with Crippen LogP contribution in [-0.2, 0) is 9.59 Å². The van der Waals surface area contributed by atoms with Gasteiger partial charge in [0.05, 0.1) is 11.7 Å². The number of phenolic OH excluding ortho intramolecular Hbond substituents is 1. The first-order valence-corrected chi connectivity index (χ1v) is 11.9. The SMILES string of the molecule is CC(=O)c1ccc(-c2ccc3c(c2O)C(=O)C2=C(O)[C@]4(O)C(=O)C(C(N)=O)=C(O)C[C@@H]4[C@@H](O)[C@@H]2[C@H]3C)cc1. The van der Waals surface area contributed by atoms with Gasteiger partial charge in [0.2, 0.25) is 5.78 Å².